The lowest BCUT2D eigenvalue weighted by Crippen LogP contribution is -2.45. The van der Waals surface area contributed by atoms with Crippen LogP contribution in [0.3, 0.4) is 0 Å². The zero-order chi connectivity index (χ0) is 21.7. The Morgan fingerprint density at radius 2 is 1.90 bits per heavy atom. The second kappa shape index (κ2) is 9.67. The summed E-state index contributed by atoms with van der Waals surface area (Å²) in [5.41, 5.74) is 2.60. The quantitative estimate of drug-likeness (QED) is 0.624. The number of carbonyl (C=O) groups excluding carboxylic acids is 2. The number of esters is 1. The second-order valence-electron chi connectivity index (χ2n) is 7.55. The van der Waals surface area contributed by atoms with Gasteiger partial charge in [-0.15, -0.1) is 0 Å². The molecule has 0 bridgehead atoms. The van der Waals surface area contributed by atoms with Crippen molar-refractivity contribution in [2.24, 2.45) is 5.92 Å². The monoisotopic (exact) mass is 428 g/mol. The topological polar surface area (TPSA) is 76.7 Å². The van der Waals surface area contributed by atoms with Crippen molar-refractivity contribution in [2.75, 3.05) is 6.61 Å². The van der Waals surface area contributed by atoms with Crippen LogP contribution in [0.25, 0.3) is 0 Å². The molecule has 2 aromatic rings. The van der Waals surface area contributed by atoms with Crippen molar-refractivity contribution in [3.8, 4) is 5.75 Å². The highest BCUT2D eigenvalue weighted by Crippen LogP contribution is 2.29. The van der Waals surface area contributed by atoms with Crippen molar-refractivity contribution in [3.05, 3.63) is 76.0 Å². The Hall–Kier alpha value is -2.99. The number of ether oxygens (including phenoxy) is 2. The van der Waals surface area contributed by atoms with Crippen LogP contribution in [0.4, 0.5) is 4.79 Å². The summed E-state index contributed by atoms with van der Waals surface area (Å²) in [5.74, 6) is 0.444. The minimum Gasteiger partial charge on any atom is -0.489 e. The van der Waals surface area contributed by atoms with Crippen molar-refractivity contribution in [1.82, 2.24) is 10.6 Å². The highest BCUT2D eigenvalue weighted by atomic mass is 35.5. The smallest absolute Gasteiger partial charge is 0.338 e. The van der Waals surface area contributed by atoms with E-state index in [2.05, 4.69) is 10.6 Å². The number of benzene rings is 2. The molecule has 2 amide bonds. The first-order chi connectivity index (χ1) is 14.3. The highest BCUT2D eigenvalue weighted by molar-refractivity contribution is 6.30. The van der Waals surface area contributed by atoms with Gasteiger partial charge in [-0.2, -0.15) is 0 Å². The molecule has 0 spiro atoms. The summed E-state index contributed by atoms with van der Waals surface area (Å²) in [6, 6.07) is 13.8. The molecule has 1 unspecified atom stereocenters. The van der Waals surface area contributed by atoms with E-state index in [4.69, 9.17) is 21.1 Å². The first-order valence-electron chi connectivity index (χ1n) is 9.76. The van der Waals surface area contributed by atoms with Gasteiger partial charge < -0.3 is 20.1 Å². The summed E-state index contributed by atoms with van der Waals surface area (Å²) < 4.78 is 11.2. The lowest BCUT2D eigenvalue weighted by Gasteiger charge is -2.28. The predicted octanol–water partition coefficient (Wildman–Crippen LogP) is 4.75. The van der Waals surface area contributed by atoms with Gasteiger partial charge in [-0.25, -0.2) is 9.59 Å². The number of rotatable bonds is 7. The van der Waals surface area contributed by atoms with E-state index in [0.717, 1.165) is 11.1 Å². The number of nitrogens with one attached hydrogen (secondary N) is 2. The molecule has 0 saturated heterocycles. The summed E-state index contributed by atoms with van der Waals surface area (Å²) >= 11 is 6.00. The van der Waals surface area contributed by atoms with Gasteiger partial charge in [0.1, 0.15) is 12.4 Å². The molecular formula is C23H25ClN2O4. The number of carbonyl (C=O) groups is 2. The molecule has 1 heterocycles. The maximum Gasteiger partial charge on any atom is 0.338 e. The molecule has 2 N–H and O–H groups in total. The zero-order valence-electron chi connectivity index (χ0n) is 17.2. The molecule has 0 aliphatic carbocycles. The Morgan fingerprint density at radius 1 is 1.17 bits per heavy atom. The fourth-order valence-corrected chi connectivity index (χ4v) is 3.30. The second-order valence-corrected chi connectivity index (χ2v) is 7.99. The number of hydrogen-bond donors (Lipinski definition) is 2. The van der Waals surface area contributed by atoms with Crippen LogP contribution in [0.5, 0.6) is 5.75 Å². The van der Waals surface area contributed by atoms with Crippen molar-refractivity contribution in [3.63, 3.8) is 0 Å². The van der Waals surface area contributed by atoms with Gasteiger partial charge >= 0.3 is 12.0 Å². The molecule has 0 fully saturated rings. The van der Waals surface area contributed by atoms with Gasteiger partial charge in [-0.05, 0) is 48.2 Å². The first-order valence-corrected chi connectivity index (χ1v) is 10.1. The lowest BCUT2D eigenvalue weighted by atomic mass is 9.95. The number of hydrogen-bond acceptors (Lipinski definition) is 4. The van der Waals surface area contributed by atoms with Gasteiger partial charge in [0.15, 0.2) is 0 Å². The maximum atomic E-state index is 12.7. The number of allylic oxidation sites excluding steroid dienone is 1. The van der Waals surface area contributed by atoms with E-state index in [0.29, 0.717) is 35.3 Å². The Balaban J connectivity index is 1.74. The van der Waals surface area contributed by atoms with Gasteiger partial charge in [-0.1, -0.05) is 49.7 Å². The number of halogens is 1. The van der Waals surface area contributed by atoms with Gasteiger partial charge in [0.05, 0.1) is 18.2 Å². The van der Waals surface area contributed by atoms with Gasteiger partial charge in [0.2, 0.25) is 0 Å². The normalized spacial score (nSPS) is 16.2. The average Bonchev–Trinajstić information content (AvgIpc) is 2.70. The van der Waals surface area contributed by atoms with Crippen LogP contribution < -0.4 is 15.4 Å². The van der Waals surface area contributed by atoms with Gasteiger partial charge in [0.25, 0.3) is 0 Å². The molecule has 7 heteroatoms. The molecule has 0 saturated carbocycles. The van der Waals surface area contributed by atoms with Crippen LogP contribution in [0.2, 0.25) is 5.02 Å². The molecule has 0 radical (unpaired) electrons. The number of amides is 2. The summed E-state index contributed by atoms with van der Waals surface area (Å²) in [7, 11) is 0. The fraction of sp³-hybridized carbons (Fsp3) is 0.304. The Labute approximate surface area is 181 Å². The van der Waals surface area contributed by atoms with E-state index >= 15 is 0 Å². The molecule has 158 valence electrons. The molecule has 6 nitrogen and oxygen atoms in total. The molecule has 1 atom stereocenters. The summed E-state index contributed by atoms with van der Waals surface area (Å²) in [4.78, 5) is 24.7. The predicted molar refractivity (Wildman–Crippen MR) is 115 cm³/mol. The Bertz CT molecular complexity index is 954. The minimum absolute atomic E-state index is 0.218. The van der Waals surface area contributed by atoms with Crippen molar-refractivity contribution < 1.29 is 19.1 Å². The molecule has 1 aliphatic heterocycles. The summed E-state index contributed by atoms with van der Waals surface area (Å²) in [6.07, 6.45) is 0. The molecule has 2 aromatic carbocycles. The van der Waals surface area contributed by atoms with E-state index in [1.807, 2.05) is 50.2 Å². The first kappa shape index (κ1) is 21.7. The van der Waals surface area contributed by atoms with Crippen LogP contribution in [0, 0.1) is 5.92 Å². The molecule has 3 rings (SSSR count). The van der Waals surface area contributed by atoms with Crippen molar-refractivity contribution in [1.29, 1.82) is 0 Å². The highest BCUT2D eigenvalue weighted by Gasteiger charge is 2.32. The summed E-state index contributed by atoms with van der Waals surface area (Å²) in [6.45, 7) is 6.33. The van der Waals surface area contributed by atoms with Crippen molar-refractivity contribution >= 4 is 23.6 Å². The number of urea groups is 1. The van der Waals surface area contributed by atoms with Gasteiger partial charge in [0, 0.05) is 10.7 Å². The molecule has 0 aromatic heterocycles. The Kier molecular flexibility index (Phi) is 7.00. The van der Waals surface area contributed by atoms with Crippen LogP contribution in [0.1, 0.15) is 37.9 Å². The average molecular weight is 429 g/mol. The largest absolute Gasteiger partial charge is 0.489 e. The Morgan fingerprint density at radius 3 is 2.57 bits per heavy atom. The molecular weight excluding hydrogens is 404 g/mol. The van der Waals surface area contributed by atoms with E-state index in [-0.39, 0.29) is 11.9 Å². The van der Waals surface area contributed by atoms with Crippen LogP contribution in [0.15, 0.2) is 59.8 Å². The molecule has 30 heavy (non-hydrogen) atoms. The van der Waals surface area contributed by atoms with E-state index in [9.17, 15) is 9.59 Å². The standard InChI is InChI=1S/C23H25ClN2O4/c1-14(2)12-30-22(27)20-15(3)25-23(28)26-21(20)17-7-9-19(10-8-17)29-13-16-5-4-6-18(24)11-16/h4-11,14,21H,12-13H2,1-3H3,(H2,25,26,28). The molecule has 1 aliphatic rings. The maximum absolute atomic E-state index is 12.7. The van der Waals surface area contributed by atoms with E-state index in [1.54, 1.807) is 19.1 Å². The van der Waals surface area contributed by atoms with Crippen LogP contribution >= 0.6 is 11.6 Å². The van der Waals surface area contributed by atoms with Gasteiger partial charge in [-0.3, -0.25) is 0 Å². The SMILES string of the molecule is CC1=C(C(=O)OCC(C)C)C(c2ccc(OCc3cccc(Cl)c3)cc2)NC(=O)N1. The summed E-state index contributed by atoms with van der Waals surface area (Å²) in [5, 5.41) is 6.11. The van der Waals surface area contributed by atoms with E-state index in [1.165, 1.54) is 0 Å². The fourth-order valence-electron chi connectivity index (χ4n) is 3.08. The lowest BCUT2D eigenvalue weighted by molar-refractivity contribution is -0.140. The van der Waals surface area contributed by atoms with Crippen LogP contribution in [-0.2, 0) is 16.1 Å². The third kappa shape index (κ3) is 5.54. The van der Waals surface area contributed by atoms with Crippen LogP contribution in [-0.4, -0.2) is 18.6 Å². The minimum atomic E-state index is -0.597. The third-order valence-corrected chi connectivity index (χ3v) is 4.78. The van der Waals surface area contributed by atoms with E-state index < -0.39 is 12.0 Å². The third-order valence-electron chi connectivity index (χ3n) is 4.54. The van der Waals surface area contributed by atoms with Crippen molar-refractivity contribution in [2.45, 2.75) is 33.4 Å². The zero-order valence-corrected chi connectivity index (χ0v) is 18.0.